The fourth-order valence-corrected chi connectivity index (χ4v) is 1.14. The number of hydrogen-bond acceptors (Lipinski definition) is 2. The van der Waals surface area contributed by atoms with E-state index < -0.39 is 0 Å². The minimum Gasteiger partial charge on any atom is -0.385 e. The highest BCUT2D eigenvalue weighted by Crippen LogP contribution is 2.09. The summed E-state index contributed by atoms with van der Waals surface area (Å²) < 4.78 is 0. The first-order valence-electron chi connectivity index (χ1n) is 4.84. The number of benzene rings is 1. The van der Waals surface area contributed by atoms with Gasteiger partial charge in [0, 0.05) is 23.9 Å². The lowest BCUT2D eigenvalue weighted by molar-refractivity contribution is 0.834. The highest BCUT2D eigenvalue weighted by atomic mass is 14.9. The van der Waals surface area contributed by atoms with E-state index in [2.05, 4.69) is 18.3 Å². The minimum absolute atomic E-state index is 0.0949. The van der Waals surface area contributed by atoms with Gasteiger partial charge in [0.1, 0.15) is 5.84 Å². The monoisotopic (exact) mass is 190 g/mol. The second-order valence-electron chi connectivity index (χ2n) is 3.19. The molecule has 4 N–H and O–H groups in total. The summed E-state index contributed by atoms with van der Waals surface area (Å²) in [5, 5.41) is 10.5. The summed E-state index contributed by atoms with van der Waals surface area (Å²) in [4.78, 5) is 0. The van der Waals surface area contributed by atoms with Gasteiger partial charge in [0.2, 0.25) is 0 Å². The number of rotatable bonds is 5. The van der Waals surface area contributed by atoms with Crippen LogP contribution in [0, 0.1) is 11.5 Å². The number of anilines is 1. The van der Waals surface area contributed by atoms with Crippen LogP contribution in [0.2, 0.25) is 0 Å². The van der Waals surface area contributed by atoms with Crippen LogP contribution in [0.5, 0.6) is 0 Å². The van der Waals surface area contributed by atoms with E-state index >= 15 is 0 Å². The van der Waals surface area contributed by atoms with Crippen molar-refractivity contribution >= 4 is 11.5 Å². The van der Waals surface area contributed by atoms with Gasteiger partial charge >= 0.3 is 0 Å². The molecule has 14 heavy (non-hydrogen) atoms. The molecular formula is C11H16N3. The van der Waals surface area contributed by atoms with Crippen LogP contribution in [0.4, 0.5) is 5.69 Å². The minimum atomic E-state index is 0.0949. The molecule has 1 aromatic carbocycles. The van der Waals surface area contributed by atoms with Crippen molar-refractivity contribution in [2.24, 2.45) is 5.73 Å². The van der Waals surface area contributed by atoms with Gasteiger partial charge < -0.3 is 11.1 Å². The van der Waals surface area contributed by atoms with Crippen LogP contribution < -0.4 is 11.1 Å². The first-order chi connectivity index (χ1) is 6.74. The van der Waals surface area contributed by atoms with Crippen molar-refractivity contribution in [3.8, 4) is 0 Å². The van der Waals surface area contributed by atoms with Crippen molar-refractivity contribution in [1.29, 1.82) is 5.41 Å². The highest BCUT2D eigenvalue weighted by Gasteiger charge is 1.97. The largest absolute Gasteiger partial charge is 0.385 e. The van der Waals surface area contributed by atoms with Crippen LogP contribution in [-0.2, 0) is 0 Å². The Labute approximate surface area is 84.8 Å². The smallest absolute Gasteiger partial charge is 0.122 e. The van der Waals surface area contributed by atoms with Crippen LogP contribution >= 0.6 is 0 Å². The number of unbranched alkanes of at least 4 members (excludes halogenated alkanes) is 1. The lowest BCUT2D eigenvalue weighted by Gasteiger charge is -2.06. The highest BCUT2D eigenvalue weighted by molar-refractivity contribution is 5.95. The Bertz CT molecular complexity index is 307. The maximum absolute atomic E-state index is 7.28. The molecule has 0 unspecified atom stereocenters. The molecule has 0 aliphatic heterocycles. The fraction of sp³-hybridized carbons (Fsp3) is 0.364. The molecule has 0 fully saturated rings. The lowest BCUT2D eigenvalue weighted by Crippen LogP contribution is -2.11. The molecule has 75 valence electrons. The standard InChI is InChI=1S/C11H16N3/c1-2-3-7-14-10-6-4-5-9(8-10)11(12)13/h4-5,8,14H,2-3,7H2,1H3,(H3,12,13). The van der Waals surface area contributed by atoms with E-state index in [-0.39, 0.29) is 5.84 Å². The summed E-state index contributed by atoms with van der Waals surface area (Å²) in [6.07, 6.45) is 2.30. The molecule has 0 aliphatic carbocycles. The summed E-state index contributed by atoms with van der Waals surface area (Å²) in [6.45, 7) is 3.09. The van der Waals surface area contributed by atoms with Crippen LogP contribution in [-0.4, -0.2) is 12.4 Å². The van der Waals surface area contributed by atoms with Gasteiger partial charge in [-0.3, -0.25) is 5.41 Å². The van der Waals surface area contributed by atoms with Gasteiger partial charge in [0.25, 0.3) is 0 Å². The molecule has 1 radical (unpaired) electrons. The number of nitrogens with two attached hydrogens (primary N) is 1. The molecule has 1 aromatic rings. The SMILES string of the molecule is CCCCNc1[c]ccc(C(=N)N)c1. The Morgan fingerprint density at radius 3 is 3.07 bits per heavy atom. The van der Waals surface area contributed by atoms with E-state index in [9.17, 15) is 0 Å². The number of hydrogen-bond donors (Lipinski definition) is 3. The molecule has 1 rings (SSSR count). The molecule has 0 spiro atoms. The third kappa shape index (κ3) is 3.09. The van der Waals surface area contributed by atoms with Crippen molar-refractivity contribution in [1.82, 2.24) is 0 Å². The summed E-state index contributed by atoms with van der Waals surface area (Å²) in [6, 6.07) is 8.47. The first kappa shape index (κ1) is 10.6. The average molecular weight is 190 g/mol. The second kappa shape index (κ2) is 5.27. The zero-order valence-corrected chi connectivity index (χ0v) is 8.43. The van der Waals surface area contributed by atoms with E-state index in [0.29, 0.717) is 0 Å². The Kier molecular flexibility index (Phi) is 3.98. The predicted molar refractivity (Wildman–Crippen MR) is 59.7 cm³/mol. The zero-order valence-electron chi connectivity index (χ0n) is 8.43. The van der Waals surface area contributed by atoms with Crippen LogP contribution in [0.1, 0.15) is 25.3 Å². The summed E-state index contributed by atoms with van der Waals surface area (Å²) in [5.41, 5.74) is 7.03. The summed E-state index contributed by atoms with van der Waals surface area (Å²) in [5.74, 6) is 0.0949. The molecule has 0 amide bonds. The maximum Gasteiger partial charge on any atom is 0.122 e. The Morgan fingerprint density at radius 1 is 1.64 bits per heavy atom. The maximum atomic E-state index is 7.28. The zero-order chi connectivity index (χ0) is 10.4. The second-order valence-corrected chi connectivity index (χ2v) is 3.19. The first-order valence-corrected chi connectivity index (χ1v) is 4.84. The van der Waals surface area contributed by atoms with Crippen LogP contribution in [0.15, 0.2) is 18.2 Å². The van der Waals surface area contributed by atoms with E-state index in [0.717, 1.165) is 24.2 Å². The summed E-state index contributed by atoms with van der Waals surface area (Å²) >= 11 is 0. The van der Waals surface area contributed by atoms with Crippen molar-refractivity contribution in [2.75, 3.05) is 11.9 Å². The van der Waals surface area contributed by atoms with Gasteiger partial charge in [-0.05, 0) is 12.5 Å². The normalized spacial score (nSPS) is 9.79. The van der Waals surface area contributed by atoms with Gasteiger partial charge in [-0.25, -0.2) is 0 Å². The van der Waals surface area contributed by atoms with Gasteiger partial charge in [-0.15, -0.1) is 0 Å². The van der Waals surface area contributed by atoms with E-state index in [4.69, 9.17) is 11.1 Å². The Hall–Kier alpha value is -1.51. The van der Waals surface area contributed by atoms with Gasteiger partial charge in [0.05, 0.1) is 0 Å². The topological polar surface area (TPSA) is 61.9 Å². The number of nitrogen functional groups attached to an aromatic ring is 1. The summed E-state index contributed by atoms with van der Waals surface area (Å²) in [7, 11) is 0. The van der Waals surface area contributed by atoms with E-state index in [1.165, 1.54) is 6.42 Å². The van der Waals surface area contributed by atoms with Crippen molar-refractivity contribution < 1.29 is 0 Å². The fourth-order valence-electron chi connectivity index (χ4n) is 1.14. The molecule has 0 heterocycles. The lowest BCUT2D eigenvalue weighted by atomic mass is 10.2. The predicted octanol–water partition coefficient (Wildman–Crippen LogP) is 1.98. The molecule has 3 nitrogen and oxygen atoms in total. The molecule has 0 aromatic heterocycles. The third-order valence-corrected chi connectivity index (χ3v) is 1.96. The molecule has 0 saturated carbocycles. The van der Waals surface area contributed by atoms with Crippen molar-refractivity contribution in [3.63, 3.8) is 0 Å². The Morgan fingerprint density at radius 2 is 2.43 bits per heavy atom. The average Bonchev–Trinajstić information content (AvgIpc) is 2.19. The van der Waals surface area contributed by atoms with Gasteiger partial charge in [-0.1, -0.05) is 25.5 Å². The van der Waals surface area contributed by atoms with E-state index in [1.807, 2.05) is 6.07 Å². The van der Waals surface area contributed by atoms with Crippen LogP contribution in [0.3, 0.4) is 0 Å². The quantitative estimate of drug-likeness (QED) is 0.377. The Balaban J connectivity index is 2.59. The number of nitrogens with one attached hydrogen (secondary N) is 2. The molecule has 0 atom stereocenters. The molecule has 3 heteroatoms. The van der Waals surface area contributed by atoms with Crippen molar-refractivity contribution in [2.45, 2.75) is 19.8 Å². The molecular weight excluding hydrogens is 174 g/mol. The van der Waals surface area contributed by atoms with Crippen LogP contribution in [0.25, 0.3) is 0 Å². The van der Waals surface area contributed by atoms with Gasteiger partial charge in [-0.2, -0.15) is 0 Å². The number of amidine groups is 1. The molecule has 0 aliphatic rings. The third-order valence-electron chi connectivity index (χ3n) is 1.96. The van der Waals surface area contributed by atoms with Crippen molar-refractivity contribution in [3.05, 3.63) is 29.8 Å². The molecule has 0 bridgehead atoms. The van der Waals surface area contributed by atoms with E-state index in [1.54, 1.807) is 12.1 Å². The van der Waals surface area contributed by atoms with Gasteiger partial charge in [0.15, 0.2) is 0 Å². The molecule has 0 saturated heterocycles.